The minimum Gasteiger partial charge on any atom is -0.478 e. The van der Waals surface area contributed by atoms with Gasteiger partial charge in [0.2, 0.25) is 5.89 Å². The summed E-state index contributed by atoms with van der Waals surface area (Å²) in [4.78, 5) is 14.6. The van der Waals surface area contributed by atoms with Gasteiger partial charge in [-0.2, -0.15) is 0 Å². The highest BCUT2D eigenvalue weighted by atomic mass is 32.1. The number of benzene rings is 1. The van der Waals surface area contributed by atoms with Crippen molar-refractivity contribution < 1.29 is 23.1 Å². The number of aromatic nitrogens is 1. The first-order chi connectivity index (χ1) is 7.99. The summed E-state index contributed by atoms with van der Waals surface area (Å²) < 4.78 is 30.9. The first-order valence-electron chi connectivity index (χ1n) is 4.36. The number of hydrogen-bond donors (Lipinski definition) is 2. The molecule has 17 heavy (non-hydrogen) atoms. The van der Waals surface area contributed by atoms with E-state index in [2.05, 4.69) is 17.6 Å². The van der Waals surface area contributed by atoms with Gasteiger partial charge in [-0.15, -0.1) is 12.6 Å². The van der Waals surface area contributed by atoms with Crippen LogP contribution in [0.2, 0.25) is 0 Å². The molecule has 0 aliphatic heterocycles. The lowest BCUT2D eigenvalue weighted by Gasteiger charge is -2.03. The zero-order valence-electron chi connectivity index (χ0n) is 8.15. The van der Waals surface area contributed by atoms with Gasteiger partial charge in [0.25, 0.3) is 0 Å². The number of aromatic carboxylic acids is 1. The maximum absolute atomic E-state index is 13.1. The van der Waals surface area contributed by atoms with Crippen LogP contribution in [0.5, 0.6) is 0 Å². The van der Waals surface area contributed by atoms with Gasteiger partial charge in [0.05, 0.1) is 11.1 Å². The van der Waals surface area contributed by atoms with Crippen molar-refractivity contribution in [3.63, 3.8) is 0 Å². The normalized spacial score (nSPS) is 10.5. The van der Waals surface area contributed by atoms with Crippen LogP contribution in [0.15, 0.2) is 27.8 Å². The summed E-state index contributed by atoms with van der Waals surface area (Å²) in [6.45, 7) is 0. The Morgan fingerprint density at radius 2 is 2.00 bits per heavy atom. The van der Waals surface area contributed by atoms with E-state index in [0.717, 1.165) is 12.3 Å². The predicted octanol–water partition coefficient (Wildman–Crippen LogP) is 2.61. The number of carboxylic acids is 1. The average Bonchev–Trinajstić information content (AvgIpc) is 2.68. The van der Waals surface area contributed by atoms with Crippen LogP contribution in [0.1, 0.15) is 10.4 Å². The van der Waals surface area contributed by atoms with E-state index in [4.69, 9.17) is 9.52 Å². The maximum Gasteiger partial charge on any atom is 0.336 e. The summed E-state index contributed by atoms with van der Waals surface area (Å²) >= 11 is 3.87. The molecule has 1 N–H and O–H groups in total. The van der Waals surface area contributed by atoms with E-state index in [1.165, 1.54) is 0 Å². The third kappa shape index (κ3) is 2.14. The maximum atomic E-state index is 13.1. The molecule has 0 saturated carbocycles. The van der Waals surface area contributed by atoms with Crippen LogP contribution in [0.3, 0.4) is 0 Å². The fraction of sp³-hybridized carbons (Fsp3) is 0. The standard InChI is InChI=1S/C10H5F2NO3S/c11-6-1-4(9-13-8(17)3-16-9)5(10(14)15)2-7(6)12/h1-3,17H,(H,14,15). The van der Waals surface area contributed by atoms with Crippen molar-refractivity contribution in [1.82, 2.24) is 4.98 Å². The Morgan fingerprint density at radius 1 is 1.35 bits per heavy atom. The van der Waals surface area contributed by atoms with Gasteiger partial charge < -0.3 is 9.52 Å². The molecule has 0 unspecified atom stereocenters. The molecule has 0 atom stereocenters. The van der Waals surface area contributed by atoms with E-state index in [1.807, 2.05) is 0 Å². The number of oxazole rings is 1. The Hall–Kier alpha value is -1.89. The SMILES string of the molecule is O=C(O)c1cc(F)c(F)cc1-c1nc(S)co1. The summed E-state index contributed by atoms with van der Waals surface area (Å²) in [6, 6.07) is 1.30. The van der Waals surface area contributed by atoms with E-state index < -0.39 is 23.2 Å². The minimum atomic E-state index is -1.40. The molecule has 4 nitrogen and oxygen atoms in total. The molecule has 0 saturated heterocycles. The Morgan fingerprint density at radius 3 is 2.53 bits per heavy atom. The van der Waals surface area contributed by atoms with E-state index >= 15 is 0 Å². The molecule has 0 amide bonds. The van der Waals surface area contributed by atoms with Gasteiger partial charge >= 0.3 is 5.97 Å². The van der Waals surface area contributed by atoms with Crippen LogP contribution in [0.25, 0.3) is 11.5 Å². The van der Waals surface area contributed by atoms with Crippen molar-refractivity contribution in [2.75, 3.05) is 0 Å². The third-order valence-electron chi connectivity index (χ3n) is 2.01. The molecular formula is C10H5F2NO3S. The summed E-state index contributed by atoms with van der Waals surface area (Å²) in [7, 11) is 0. The minimum absolute atomic E-state index is 0.133. The van der Waals surface area contributed by atoms with Gasteiger partial charge in [0.15, 0.2) is 11.6 Å². The van der Waals surface area contributed by atoms with Crippen LogP contribution in [-0.2, 0) is 0 Å². The number of rotatable bonds is 2. The molecule has 1 aromatic heterocycles. The summed E-state index contributed by atoms with van der Waals surface area (Å²) in [5, 5.41) is 9.08. The van der Waals surface area contributed by atoms with E-state index in [9.17, 15) is 13.6 Å². The Kier molecular flexibility index (Phi) is 2.84. The number of halogens is 2. The summed E-state index contributed by atoms with van der Waals surface area (Å²) in [5.74, 6) is -3.96. The fourth-order valence-electron chi connectivity index (χ4n) is 1.29. The molecule has 88 valence electrons. The molecule has 0 fully saturated rings. The quantitative estimate of drug-likeness (QED) is 0.812. The van der Waals surface area contributed by atoms with Crippen LogP contribution in [-0.4, -0.2) is 16.1 Å². The van der Waals surface area contributed by atoms with Gasteiger partial charge in [-0.3, -0.25) is 0 Å². The lowest BCUT2D eigenvalue weighted by molar-refractivity contribution is 0.0697. The molecule has 0 radical (unpaired) electrons. The second-order valence-electron chi connectivity index (χ2n) is 3.13. The van der Waals surface area contributed by atoms with Gasteiger partial charge in [-0.25, -0.2) is 18.6 Å². The van der Waals surface area contributed by atoms with Crippen LogP contribution >= 0.6 is 12.6 Å². The highest BCUT2D eigenvalue weighted by molar-refractivity contribution is 7.80. The van der Waals surface area contributed by atoms with Crippen molar-refractivity contribution in [2.24, 2.45) is 0 Å². The molecule has 7 heteroatoms. The van der Waals surface area contributed by atoms with E-state index in [-0.39, 0.29) is 16.5 Å². The number of carboxylic acid groups (broad SMARTS) is 1. The van der Waals surface area contributed by atoms with Crippen molar-refractivity contribution in [1.29, 1.82) is 0 Å². The molecule has 2 aromatic rings. The Labute approximate surface area is 99.3 Å². The van der Waals surface area contributed by atoms with Crippen LogP contribution < -0.4 is 0 Å². The van der Waals surface area contributed by atoms with Gasteiger partial charge in [-0.1, -0.05) is 0 Å². The number of hydrogen-bond acceptors (Lipinski definition) is 4. The van der Waals surface area contributed by atoms with Gasteiger partial charge in [-0.05, 0) is 12.1 Å². The summed E-state index contributed by atoms with van der Waals surface area (Å²) in [5.41, 5.74) is -0.573. The Bertz CT molecular complexity index is 597. The molecular weight excluding hydrogens is 252 g/mol. The monoisotopic (exact) mass is 257 g/mol. The first kappa shape index (κ1) is 11.6. The topological polar surface area (TPSA) is 63.3 Å². The second kappa shape index (κ2) is 4.17. The fourth-order valence-corrected chi connectivity index (χ4v) is 1.43. The number of carbonyl (C=O) groups is 1. The number of nitrogens with zero attached hydrogens (tertiary/aromatic N) is 1. The largest absolute Gasteiger partial charge is 0.478 e. The molecule has 1 heterocycles. The average molecular weight is 257 g/mol. The molecule has 0 spiro atoms. The number of thiol groups is 1. The molecule has 0 aliphatic rings. The first-order valence-corrected chi connectivity index (χ1v) is 4.81. The van der Waals surface area contributed by atoms with E-state index in [1.54, 1.807) is 0 Å². The van der Waals surface area contributed by atoms with E-state index in [0.29, 0.717) is 6.07 Å². The summed E-state index contributed by atoms with van der Waals surface area (Å²) in [6.07, 6.45) is 1.16. The zero-order valence-corrected chi connectivity index (χ0v) is 9.04. The molecule has 2 rings (SSSR count). The third-order valence-corrected chi connectivity index (χ3v) is 2.22. The zero-order chi connectivity index (χ0) is 12.6. The molecule has 0 bridgehead atoms. The van der Waals surface area contributed by atoms with Crippen LogP contribution in [0, 0.1) is 11.6 Å². The van der Waals surface area contributed by atoms with Crippen LogP contribution in [0.4, 0.5) is 8.78 Å². The van der Waals surface area contributed by atoms with Gasteiger partial charge in [0, 0.05) is 0 Å². The smallest absolute Gasteiger partial charge is 0.336 e. The molecule has 0 aliphatic carbocycles. The van der Waals surface area contributed by atoms with Crippen molar-refractivity contribution >= 4 is 18.6 Å². The molecule has 1 aromatic carbocycles. The van der Waals surface area contributed by atoms with Crippen molar-refractivity contribution in [3.05, 3.63) is 35.6 Å². The van der Waals surface area contributed by atoms with Crippen molar-refractivity contribution in [2.45, 2.75) is 5.03 Å². The van der Waals surface area contributed by atoms with Gasteiger partial charge in [0.1, 0.15) is 11.3 Å². The lowest BCUT2D eigenvalue weighted by atomic mass is 10.1. The van der Waals surface area contributed by atoms with Crippen molar-refractivity contribution in [3.8, 4) is 11.5 Å². The Balaban J connectivity index is 2.67. The second-order valence-corrected chi connectivity index (χ2v) is 3.59. The predicted molar refractivity (Wildman–Crippen MR) is 56.1 cm³/mol. The highest BCUT2D eigenvalue weighted by Crippen LogP contribution is 2.26. The highest BCUT2D eigenvalue weighted by Gasteiger charge is 2.19. The lowest BCUT2D eigenvalue weighted by Crippen LogP contribution is -2.02.